The molecule has 0 unspecified atom stereocenters. The van der Waals surface area contributed by atoms with E-state index in [1.807, 2.05) is 53.8 Å². The molecule has 0 amide bonds. The maximum atomic E-state index is 4.51. The fourth-order valence-electron chi connectivity index (χ4n) is 1.86. The molecule has 2 aromatic heterocycles. The Balaban J connectivity index is 0.000000510. The van der Waals surface area contributed by atoms with Crippen molar-refractivity contribution in [2.24, 2.45) is 0 Å². The van der Waals surface area contributed by atoms with E-state index in [4.69, 9.17) is 0 Å². The maximum Gasteiger partial charge on any atom is 0.0907 e. The van der Waals surface area contributed by atoms with Crippen LogP contribution in [0.5, 0.6) is 0 Å². The summed E-state index contributed by atoms with van der Waals surface area (Å²) in [5.41, 5.74) is 4.43. The first-order chi connectivity index (χ1) is 10.2. The minimum atomic E-state index is 1.04. The molecule has 0 saturated carbocycles. The van der Waals surface area contributed by atoms with Crippen molar-refractivity contribution in [3.8, 4) is 11.1 Å². The molecule has 0 N–H and O–H groups in total. The van der Waals surface area contributed by atoms with Crippen LogP contribution in [0.15, 0.2) is 36.5 Å². The van der Waals surface area contributed by atoms with Crippen LogP contribution in [0.2, 0.25) is 0 Å². The Morgan fingerprint density at radius 1 is 0.857 bits per heavy atom. The molecule has 2 heterocycles. The summed E-state index contributed by atoms with van der Waals surface area (Å²) in [5, 5.41) is 1.11. The third-order valence-corrected chi connectivity index (χ3v) is 3.69. The van der Waals surface area contributed by atoms with Gasteiger partial charge < -0.3 is 0 Å². The lowest BCUT2D eigenvalue weighted by Crippen LogP contribution is -1.82. The molecule has 0 aliphatic carbocycles. The first-order valence-corrected chi connectivity index (χ1v) is 8.34. The Morgan fingerprint density at radius 3 is 2.14 bits per heavy atom. The highest BCUT2D eigenvalue weighted by atomic mass is 32.1. The van der Waals surface area contributed by atoms with Gasteiger partial charge in [0.15, 0.2) is 0 Å². The predicted octanol–water partition coefficient (Wildman–Crippen LogP) is 6.03. The van der Waals surface area contributed by atoms with Gasteiger partial charge in [-0.1, -0.05) is 39.8 Å². The average molecular weight is 300 g/mol. The first-order valence-electron chi connectivity index (χ1n) is 7.52. The van der Waals surface area contributed by atoms with Crippen molar-refractivity contribution in [3.05, 3.63) is 47.2 Å². The van der Waals surface area contributed by atoms with Crippen molar-refractivity contribution in [1.82, 2.24) is 9.97 Å². The third-order valence-electron chi connectivity index (χ3n) is 2.74. The molecular weight excluding hydrogens is 276 g/mol. The fraction of sp³-hybridized carbons (Fsp3) is 0.333. The molecule has 0 fully saturated rings. The van der Waals surface area contributed by atoms with Gasteiger partial charge in [0.1, 0.15) is 0 Å². The number of hydrogen-bond donors (Lipinski definition) is 0. The summed E-state index contributed by atoms with van der Waals surface area (Å²) in [6.07, 6.45) is 1.91. The summed E-state index contributed by atoms with van der Waals surface area (Å²) in [4.78, 5) is 8.84. The number of hydrogen-bond acceptors (Lipinski definition) is 3. The van der Waals surface area contributed by atoms with Crippen molar-refractivity contribution >= 4 is 21.6 Å². The second-order valence-electron chi connectivity index (χ2n) is 4.10. The van der Waals surface area contributed by atoms with Crippen LogP contribution in [0, 0.1) is 13.8 Å². The molecule has 0 aliphatic heterocycles. The second kappa shape index (κ2) is 8.53. The van der Waals surface area contributed by atoms with E-state index in [-0.39, 0.29) is 0 Å². The number of benzene rings is 1. The van der Waals surface area contributed by atoms with Crippen LogP contribution >= 0.6 is 11.3 Å². The summed E-state index contributed by atoms with van der Waals surface area (Å²) in [6, 6.07) is 10.5. The van der Waals surface area contributed by atoms with Crippen molar-refractivity contribution in [1.29, 1.82) is 0 Å². The molecule has 3 heteroatoms. The number of thiazole rings is 1. The molecular formula is C18H24N2S. The zero-order chi connectivity index (χ0) is 15.8. The summed E-state index contributed by atoms with van der Waals surface area (Å²) in [7, 11) is 0. The molecule has 2 nitrogen and oxygen atoms in total. The third kappa shape index (κ3) is 4.36. The lowest BCUT2D eigenvalue weighted by molar-refractivity contribution is 1.20. The zero-order valence-corrected chi connectivity index (χ0v) is 14.6. The van der Waals surface area contributed by atoms with E-state index in [1.165, 1.54) is 10.3 Å². The zero-order valence-electron chi connectivity index (χ0n) is 13.8. The van der Waals surface area contributed by atoms with Gasteiger partial charge in [-0.2, -0.15) is 0 Å². The molecule has 3 aromatic rings. The molecule has 0 atom stereocenters. The molecule has 112 valence electrons. The van der Waals surface area contributed by atoms with Gasteiger partial charge in [0.2, 0.25) is 0 Å². The van der Waals surface area contributed by atoms with Crippen molar-refractivity contribution in [3.63, 3.8) is 0 Å². The van der Waals surface area contributed by atoms with E-state index in [0.29, 0.717) is 0 Å². The summed E-state index contributed by atoms with van der Waals surface area (Å²) < 4.78 is 1.24. The summed E-state index contributed by atoms with van der Waals surface area (Å²) >= 11 is 1.73. The highest BCUT2D eigenvalue weighted by molar-refractivity contribution is 7.18. The van der Waals surface area contributed by atoms with E-state index in [0.717, 1.165) is 21.8 Å². The van der Waals surface area contributed by atoms with Crippen LogP contribution in [-0.2, 0) is 0 Å². The molecule has 0 radical (unpaired) electrons. The second-order valence-corrected chi connectivity index (χ2v) is 5.34. The minimum absolute atomic E-state index is 1.04. The Morgan fingerprint density at radius 2 is 1.52 bits per heavy atom. The number of rotatable bonds is 1. The summed E-state index contributed by atoms with van der Waals surface area (Å²) in [6.45, 7) is 12.0. The van der Waals surface area contributed by atoms with Gasteiger partial charge in [0.25, 0.3) is 0 Å². The average Bonchev–Trinajstić information content (AvgIpc) is 2.91. The molecule has 21 heavy (non-hydrogen) atoms. The predicted molar refractivity (Wildman–Crippen MR) is 95.0 cm³/mol. The summed E-state index contributed by atoms with van der Waals surface area (Å²) in [5.74, 6) is 0. The quantitative estimate of drug-likeness (QED) is 0.548. The van der Waals surface area contributed by atoms with E-state index in [9.17, 15) is 0 Å². The van der Waals surface area contributed by atoms with Crippen LogP contribution in [0.1, 0.15) is 38.4 Å². The van der Waals surface area contributed by atoms with Gasteiger partial charge in [-0.3, -0.25) is 4.98 Å². The number of aryl methyl sites for hydroxylation is 2. The van der Waals surface area contributed by atoms with Crippen molar-refractivity contribution < 1.29 is 0 Å². The van der Waals surface area contributed by atoms with Gasteiger partial charge in [-0.15, -0.1) is 11.3 Å². The largest absolute Gasteiger partial charge is 0.261 e. The Bertz CT molecular complexity index is 669. The highest BCUT2D eigenvalue weighted by Gasteiger charge is 2.03. The van der Waals surface area contributed by atoms with Crippen molar-refractivity contribution in [2.45, 2.75) is 41.5 Å². The molecule has 0 spiro atoms. The number of aromatic nitrogens is 2. The molecule has 1 aromatic carbocycles. The lowest BCUT2D eigenvalue weighted by Gasteiger charge is -2.01. The van der Waals surface area contributed by atoms with Crippen LogP contribution in [0.25, 0.3) is 21.3 Å². The van der Waals surface area contributed by atoms with E-state index in [2.05, 4.69) is 34.2 Å². The van der Waals surface area contributed by atoms with Crippen LogP contribution in [-0.4, -0.2) is 9.97 Å². The number of pyridine rings is 1. The molecule has 3 rings (SSSR count). The lowest BCUT2D eigenvalue weighted by atomic mass is 10.1. The fourth-order valence-corrected chi connectivity index (χ4v) is 2.67. The topological polar surface area (TPSA) is 25.8 Å². The van der Waals surface area contributed by atoms with E-state index >= 15 is 0 Å². The normalized spacial score (nSPS) is 9.43. The smallest absolute Gasteiger partial charge is 0.0907 e. The highest BCUT2D eigenvalue weighted by Crippen LogP contribution is 2.27. The van der Waals surface area contributed by atoms with Gasteiger partial charge in [0, 0.05) is 17.5 Å². The van der Waals surface area contributed by atoms with Gasteiger partial charge in [-0.05, 0) is 37.6 Å². The van der Waals surface area contributed by atoms with Crippen LogP contribution < -0.4 is 0 Å². The Labute approximate surface area is 131 Å². The van der Waals surface area contributed by atoms with E-state index < -0.39 is 0 Å². The Kier molecular flexibility index (Phi) is 7.03. The Hall–Kier alpha value is -1.74. The van der Waals surface area contributed by atoms with Crippen LogP contribution in [0.4, 0.5) is 0 Å². The first kappa shape index (κ1) is 17.3. The van der Waals surface area contributed by atoms with Gasteiger partial charge >= 0.3 is 0 Å². The van der Waals surface area contributed by atoms with E-state index in [1.54, 1.807) is 11.3 Å². The monoisotopic (exact) mass is 300 g/mol. The minimum Gasteiger partial charge on any atom is -0.261 e. The number of nitrogens with zero attached hydrogens (tertiary/aromatic N) is 2. The molecule has 0 bridgehead atoms. The molecule has 0 saturated heterocycles. The van der Waals surface area contributed by atoms with Crippen LogP contribution in [0.3, 0.4) is 0 Å². The molecule has 0 aliphatic rings. The number of fused-ring (bicyclic) bond motifs is 1. The maximum absolute atomic E-state index is 4.51. The van der Waals surface area contributed by atoms with Gasteiger partial charge in [-0.25, -0.2) is 4.98 Å². The van der Waals surface area contributed by atoms with Gasteiger partial charge in [0.05, 0.1) is 15.2 Å². The standard InChI is InChI=1S/C14H12N2S.2C2H6/c1-9-3-4-12(8-15-9)11-5-6-14-13(7-11)16-10(2)17-14;2*1-2/h3-8H,1-2H3;2*1-2H3. The van der Waals surface area contributed by atoms with Crippen molar-refractivity contribution in [2.75, 3.05) is 0 Å². The SMILES string of the molecule is CC.CC.Cc1ccc(-c2ccc3sc(C)nc3c2)cn1.